The fraction of sp³-hybridized carbons (Fsp3) is 1.00. The molecular formula is C12H24N2O. The molecule has 2 atom stereocenters. The van der Waals surface area contributed by atoms with Gasteiger partial charge in [-0.2, -0.15) is 0 Å². The van der Waals surface area contributed by atoms with E-state index in [1.54, 1.807) is 0 Å². The van der Waals surface area contributed by atoms with Crippen molar-refractivity contribution in [3.05, 3.63) is 0 Å². The van der Waals surface area contributed by atoms with E-state index in [1.807, 2.05) is 0 Å². The maximum absolute atomic E-state index is 9.65. The summed E-state index contributed by atoms with van der Waals surface area (Å²) in [6.45, 7) is 4.74. The Hall–Kier alpha value is -0.120. The third-order valence-electron chi connectivity index (χ3n) is 3.76. The van der Waals surface area contributed by atoms with Crippen molar-refractivity contribution in [1.29, 1.82) is 0 Å². The lowest BCUT2D eigenvalue weighted by Crippen LogP contribution is -2.42. The molecule has 1 aliphatic heterocycles. The first-order valence-corrected chi connectivity index (χ1v) is 6.50. The van der Waals surface area contributed by atoms with Gasteiger partial charge < -0.3 is 15.3 Å². The van der Waals surface area contributed by atoms with Gasteiger partial charge in [0.15, 0.2) is 0 Å². The molecule has 15 heavy (non-hydrogen) atoms. The number of hydrogen-bond acceptors (Lipinski definition) is 3. The van der Waals surface area contributed by atoms with Gasteiger partial charge >= 0.3 is 0 Å². The third kappa shape index (κ3) is 3.44. The fourth-order valence-electron chi connectivity index (χ4n) is 2.77. The molecular weight excluding hydrogens is 188 g/mol. The largest absolute Gasteiger partial charge is 0.392 e. The first-order valence-electron chi connectivity index (χ1n) is 6.50. The van der Waals surface area contributed by atoms with Crippen molar-refractivity contribution in [2.45, 2.75) is 50.7 Å². The van der Waals surface area contributed by atoms with Gasteiger partial charge in [-0.3, -0.25) is 0 Å². The summed E-state index contributed by atoms with van der Waals surface area (Å²) >= 11 is 0. The molecule has 0 aromatic carbocycles. The highest BCUT2D eigenvalue weighted by molar-refractivity contribution is 4.82. The molecule has 1 saturated carbocycles. The second-order valence-corrected chi connectivity index (χ2v) is 4.96. The van der Waals surface area contributed by atoms with Gasteiger partial charge in [-0.1, -0.05) is 6.42 Å². The van der Waals surface area contributed by atoms with Crippen molar-refractivity contribution < 1.29 is 5.11 Å². The zero-order valence-electron chi connectivity index (χ0n) is 9.62. The summed E-state index contributed by atoms with van der Waals surface area (Å²) in [5, 5.41) is 13.1. The SMILES string of the molecule is OC1CCCC1NCCN1CCCCC1. The maximum Gasteiger partial charge on any atom is 0.0693 e. The first-order chi connectivity index (χ1) is 7.36. The molecule has 3 nitrogen and oxygen atoms in total. The molecule has 0 aromatic heterocycles. The average molecular weight is 212 g/mol. The van der Waals surface area contributed by atoms with Crippen molar-refractivity contribution >= 4 is 0 Å². The van der Waals surface area contributed by atoms with Crippen molar-refractivity contribution in [2.75, 3.05) is 26.2 Å². The zero-order chi connectivity index (χ0) is 10.5. The Morgan fingerprint density at radius 1 is 1.07 bits per heavy atom. The standard InChI is InChI=1S/C12H24N2O/c15-12-6-4-5-11(12)13-7-10-14-8-2-1-3-9-14/h11-13,15H,1-10H2. The van der Waals surface area contributed by atoms with Crippen LogP contribution in [-0.2, 0) is 0 Å². The van der Waals surface area contributed by atoms with Gasteiger partial charge in [-0.05, 0) is 45.2 Å². The van der Waals surface area contributed by atoms with Crippen LogP contribution in [0.15, 0.2) is 0 Å². The van der Waals surface area contributed by atoms with Gasteiger partial charge in [0, 0.05) is 19.1 Å². The van der Waals surface area contributed by atoms with Crippen LogP contribution in [0.25, 0.3) is 0 Å². The van der Waals surface area contributed by atoms with E-state index in [-0.39, 0.29) is 6.10 Å². The topological polar surface area (TPSA) is 35.5 Å². The number of piperidine rings is 1. The zero-order valence-corrected chi connectivity index (χ0v) is 9.62. The molecule has 0 spiro atoms. The Kier molecular flexibility index (Phi) is 4.42. The summed E-state index contributed by atoms with van der Waals surface area (Å²) in [4.78, 5) is 2.54. The Morgan fingerprint density at radius 2 is 1.87 bits per heavy atom. The van der Waals surface area contributed by atoms with Crippen LogP contribution in [-0.4, -0.2) is 48.3 Å². The van der Waals surface area contributed by atoms with Crippen LogP contribution in [0.5, 0.6) is 0 Å². The molecule has 2 N–H and O–H groups in total. The summed E-state index contributed by atoms with van der Waals surface area (Å²) in [5.74, 6) is 0. The Morgan fingerprint density at radius 3 is 2.53 bits per heavy atom. The van der Waals surface area contributed by atoms with Crippen LogP contribution in [0.4, 0.5) is 0 Å². The molecule has 2 aliphatic rings. The number of aliphatic hydroxyl groups is 1. The van der Waals surface area contributed by atoms with Gasteiger partial charge in [0.2, 0.25) is 0 Å². The summed E-state index contributed by atoms with van der Waals surface area (Å²) in [6.07, 6.45) is 7.38. The summed E-state index contributed by atoms with van der Waals surface area (Å²) in [6, 6.07) is 0.370. The predicted molar refractivity (Wildman–Crippen MR) is 61.9 cm³/mol. The predicted octanol–water partition coefficient (Wildman–Crippen LogP) is 0.975. The molecule has 0 bridgehead atoms. The summed E-state index contributed by atoms with van der Waals surface area (Å²) in [7, 11) is 0. The Labute approximate surface area is 92.8 Å². The molecule has 2 unspecified atom stereocenters. The molecule has 0 radical (unpaired) electrons. The Bertz CT molecular complexity index is 180. The van der Waals surface area contributed by atoms with E-state index in [4.69, 9.17) is 0 Å². The number of hydrogen-bond donors (Lipinski definition) is 2. The quantitative estimate of drug-likeness (QED) is 0.729. The molecule has 1 aliphatic carbocycles. The van der Waals surface area contributed by atoms with Gasteiger partial charge in [-0.25, -0.2) is 0 Å². The van der Waals surface area contributed by atoms with Gasteiger partial charge in [0.05, 0.1) is 6.10 Å². The number of nitrogens with one attached hydrogen (secondary N) is 1. The van der Waals surface area contributed by atoms with Crippen molar-refractivity contribution in [1.82, 2.24) is 10.2 Å². The van der Waals surface area contributed by atoms with Gasteiger partial charge in [-0.15, -0.1) is 0 Å². The second kappa shape index (κ2) is 5.83. The molecule has 0 amide bonds. The second-order valence-electron chi connectivity index (χ2n) is 4.96. The molecule has 3 heteroatoms. The van der Waals surface area contributed by atoms with Crippen molar-refractivity contribution in [3.8, 4) is 0 Å². The van der Waals surface area contributed by atoms with E-state index in [1.165, 1.54) is 38.8 Å². The maximum atomic E-state index is 9.65. The number of aliphatic hydroxyl groups excluding tert-OH is 1. The highest BCUT2D eigenvalue weighted by Crippen LogP contribution is 2.18. The van der Waals surface area contributed by atoms with E-state index >= 15 is 0 Å². The first kappa shape index (κ1) is 11.4. The molecule has 2 fully saturated rings. The number of rotatable bonds is 4. The van der Waals surface area contributed by atoms with Gasteiger partial charge in [0.1, 0.15) is 0 Å². The normalized spacial score (nSPS) is 33.4. The minimum Gasteiger partial charge on any atom is -0.392 e. The molecule has 88 valence electrons. The highest BCUT2D eigenvalue weighted by atomic mass is 16.3. The lowest BCUT2D eigenvalue weighted by Gasteiger charge is -2.27. The van der Waals surface area contributed by atoms with Crippen LogP contribution in [0, 0.1) is 0 Å². The van der Waals surface area contributed by atoms with Crippen LogP contribution in [0.1, 0.15) is 38.5 Å². The number of nitrogens with zero attached hydrogens (tertiary/aromatic N) is 1. The molecule has 2 rings (SSSR count). The van der Waals surface area contributed by atoms with E-state index in [0.29, 0.717) is 6.04 Å². The minimum atomic E-state index is -0.0913. The van der Waals surface area contributed by atoms with Gasteiger partial charge in [0.25, 0.3) is 0 Å². The van der Waals surface area contributed by atoms with Crippen molar-refractivity contribution in [2.24, 2.45) is 0 Å². The van der Waals surface area contributed by atoms with E-state index in [2.05, 4.69) is 10.2 Å². The molecule has 1 heterocycles. The lowest BCUT2D eigenvalue weighted by molar-refractivity contribution is 0.145. The van der Waals surface area contributed by atoms with Crippen LogP contribution in [0.2, 0.25) is 0 Å². The monoisotopic (exact) mass is 212 g/mol. The third-order valence-corrected chi connectivity index (χ3v) is 3.76. The average Bonchev–Trinajstić information content (AvgIpc) is 2.66. The summed E-state index contributed by atoms with van der Waals surface area (Å²) in [5.41, 5.74) is 0. The van der Waals surface area contributed by atoms with Crippen LogP contribution in [0.3, 0.4) is 0 Å². The van der Waals surface area contributed by atoms with E-state index in [9.17, 15) is 5.11 Å². The molecule has 0 aromatic rings. The van der Waals surface area contributed by atoms with Crippen molar-refractivity contribution in [3.63, 3.8) is 0 Å². The fourth-order valence-corrected chi connectivity index (χ4v) is 2.77. The lowest BCUT2D eigenvalue weighted by atomic mass is 10.1. The van der Waals surface area contributed by atoms with E-state index in [0.717, 1.165) is 25.9 Å². The smallest absolute Gasteiger partial charge is 0.0693 e. The molecule has 1 saturated heterocycles. The Balaban J connectivity index is 1.57. The van der Waals surface area contributed by atoms with Crippen LogP contribution < -0.4 is 5.32 Å². The van der Waals surface area contributed by atoms with E-state index < -0.39 is 0 Å². The summed E-state index contributed by atoms with van der Waals surface area (Å²) < 4.78 is 0. The highest BCUT2D eigenvalue weighted by Gasteiger charge is 2.24. The van der Waals surface area contributed by atoms with Crippen LogP contribution >= 0.6 is 0 Å². The number of likely N-dealkylation sites (tertiary alicyclic amines) is 1. The minimum absolute atomic E-state index is 0.0913.